The van der Waals surface area contributed by atoms with Crippen molar-refractivity contribution in [2.24, 2.45) is 0 Å². The van der Waals surface area contributed by atoms with Crippen molar-refractivity contribution in [1.82, 2.24) is 9.97 Å². The lowest BCUT2D eigenvalue weighted by atomic mass is 10.1. The summed E-state index contributed by atoms with van der Waals surface area (Å²) in [6.45, 7) is 8.22. The molecule has 4 rings (SSSR count). The fraction of sp³-hybridized carbons (Fsp3) is 0.400. The molecule has 1 unspecified atom stereocenters. The Morgan fingerprint density at radius 3 is 2.96 bits per heavy atom. The highest BCUT2D eigenvalue weighted by atomic mass is 32.1. The van der Waals surface area contributed by atoms with Gasteiger partial charge < -0.3 is 14.8 Å². The average molecular weight is 369 g/mol. The number of aromatic nitrogens is 2. The minimum absolute atomic E-state index is 0.141. The van der Waals surface area contributed by atoms with Crippen molar-refractivity contribution >= 4 is 27.4 Å². The van der Waals surface area contributed by atoms with Crippen LogP contribution in [0, 0.1) is 20.8 Å². The highest BCUT2D eigenvalue weighted by Gasteiger charge is 2.19. The molecule has 2 aromatic heterocycles. The van der Waals surface area contributed by atoms with Gasteiger partial charge in [-0.25, -0.2) is 9.97 Å². The minimum atomic E-state index is 0.141. The standard InChI is InChI=1S/C20H23N3O2S/c1-12-4-5-15(17(8-12)25-16-6-7-24-10-16)9-21-19-18-13(2)11-26-20(18)23-14(3)22-19/h4-5,8,11,16H,6-7,9-10H2,1-3H3,(H,21,22,23). The third-order valence-corrected chi connectivity index (χ3v) is 5.57. The Morgan fingerprint density at radius 2 is 2.15 bits per heavy atom. The normalized spacial score (nSPS) is 17.0. The zero-order valence-electron chi connectivity index (χ0n) is 15.3. The van der Waals surface area contributed by atoms with Crippen LogP contribution in [0.4, 0.5) is 5.82 Å². The Morgan fingerprint density at radius 1 is 1.27 bits per heavy atom. The summed E-state index contributed by atoms with van der Waals surface area (Å²) in [5.74, 6) is 2.60. The molecule has 0 saturated carbocycles. The first-order valence-electron chi connectivity index (χ1n) is 8.90. The zero-order valence-corrected chi connectivity index (χ0v) is 16.2. The van der Waals surface area contributed by atoms with Gasteiger partial charge in [0.2, 0.25) is 0 Å². The van der Waals surface area contributed by atoms with Crippen LogP contribution in [0.25, 0.3) is 10.2 Å². The quantitative estimate of drug-likeness (QED) is 0.722. The molecule has 1 aromatic carbocycles. The largest absolute Gasteiger partial charge is 0.488 e. The molecule has 1 saturated heterocycles. The molecule has 1 aliphatic rings. The van der Waals surface area contributed by atoms with E-state index in [0.717, 1.165) is 46.2 Å². The number of thiophene rings is 1. The van der Waals surface area contributed by atoms with Gasteiger partial charge >= 0.3 is 0 Å². The number of aryl methyl sites for hydroxylation is 3. The third kappa shape index (κ3) is 3.52. The Kier molecular flexibility index (Phi) is 4.78. The molecule has 3 heterocycles. The van der Waals surface area contributed by atoms with Crippen molar-refractivity contribution in [1.29, 1.82) is 0 Å². The van der Waals surface area contributed by atoms with E-state index in [0.29, 0.717) is 13.2 Å². The summed E-state index contributed by atoms with van der Waals surface area (Å²) in [4.78, 5) is 10.2. The molecule has 26 heavy (non-hydrogen) atoms. The van der Waals surface area contributed by atoms with Gasteiger partial charge in [0.1, 0.15) is 28.3 Å². The molecule has 1 N–H and O–H groups in total. The van der Waals surface area contributed by atoms with Crippen LogP contribution in [0.15, 0.2) is 23.6 Å². The van der Waals surface area contributed by atoms with Gasteiger partial charge in [-0.3, -0.25) is 0 Å². The van der Waals surface area contributed by atoms with E-state index < -0.39 is 0 Å². The lowest BCUT2D eigenvalue weighted by molar-refractivity contribution is 0.140. The number of hydrogen-bond acceptors (Lipinski definition) is 6. The van der Waals surface area contributed by atoms with Crippen LogP contribution in [0.2, 0.25) is 0 Å². The molecule has 0 bridgehead atoms. The predicted octanol–water partition coefficient (Wildman–Crippen LogP) is 4.40. The Hall–Kier alpha value is -2.18. The maximum Gasteiger partial charge on any atom is 0.139 e. The van der Waals surface area contributed by atoms with E-state index in [4.69, 9.17) is 9.47 Å². The van der Waals surface area contributed by atoms with Gasteiger partial charge in [0.15, 0.2) is 0 Å². The molecule has 1 fully saturated rings. The van der Waals surface area contributed by atoms with Crippen LogP contribution in [-0.4, -0.2) is 29.3 Å². The summed E-state index contributed by atoms with van der Waals surface area (Å²) < 4.78 is 11.6. The van der Waals surface area contributed by atoms with Crippen molar-refractivity contribution in [2.45, 2.75) is 39.8 Å². The van der Waals surface area contributed by atoms with Crippen LogP contribution in [0.3, 0.4) is 0 Å². The first kappa shape index (κ1) is 17.2. The molecule has 6 heteroatoms. The molecule has 1 atom stereocenters. The molecule has 1 aliphatic heterocycles. The minimum Gasteiger partial charge on any atom is -0.488 e. The first-order chi connectivity index (χ1) is 12.6. The van der Waals surface area contributed by atoms with Crippen molar-refractivity contribution in [3.8, 4) is 5.75 Å². The van der Waals surface area contributed by atoms with Crippen LogP contribution >= 0.6 is 11.3 Å². The summed E-state index contributed by atoms with van der Waals surface area (Å²) in [6.07, 6.45) is 1.09. The lowest BCUT2D eigenvalue weighted by Gasteiger charge is -2.17. The molecule has 0 aliphatic carbocycles. The van der Waals surface area contributed by atoms with Gasteiger partial charge in [0, 0.05) is 18.5 Å². The van der Waals surface area contributed by atoms with Gasteiger partial charge in [-0.05, 0) is 43.3 Å². The van der Waals surface area contributed by atoms with Crippen LogP contribution in [0.5, 0.6) is 5.75 Å². The van der Waals surface area contributed by atoms with E-state index in [2.05, 4.69) is 52.7 Å². The SMILES string of the molecule is Cc1ccc(CNc2nc(C)nc3scc(C)c23)c(OC2CCOC2)c1. The Balaban J connectivity index is 1.59. The second-order valence-electron chi connectivity index (χ2n) is 6.79. The van der Waals surface area contributed by atoms with E-state index in [1.54, 1.807) is 11.3 Å². The van der Waals surface area contributed by atoms with Crippen LogP contribution in [0.1, 0.15) is 28.9 Å². The Bertz CT molecular complexity index is 932. The predicted molar refractivity (Wildman–Crippen MR) is 105 cm³/mol. The monoisotopic (exact) mass is 369 g/mol. The van der Waals surface area contributed by atoms with Gasteiger partial charge in [-0.1, -0.05) is 12.1 Å². The van der Waals surface area contributed by atoms with E-state index in [-0.39, 0.29) is 6.10 Å². The number of rotatable bonds is 5. The lowest BCUT2D eigenvalue weighted by Crippen LogP contribution is -2.17. The van der Waals surface area contributed by atoms with Gasteiger partial charge in [-0.2, -0.15) is 0 Å². The van der Waals surface area contributed by atoms with Crippen molar-refractivity contribution in [3.63, 3.8) is 0 Å². The smallest absolute Gasteiger partial charge is 0.139 e. The number of anilines is 1. The maximum absolute atomic E-state index is 6.20. The highest BCUT2D eigenvalue weighted by Crippen LogP contribution is 2.30. The number of hydrogen-bond donors (Lipinski definition) is 1. The fourth-order valence-electron chi connectivity index (χ4n) is 3.20. The topological polar surface area (TPSA) is 56.3 Å². The van der Waals surface area contributed by atoms with Gasteiger partial charge in [-0.15, -0.1) is 11.3 Å². The number of ether oxygens (including phenoxy) is 2. The number of nitrogens with one attached hydrogen (secondary N) is 1. The highest BCUT2D eigenvalue weighted by molar-refractivity contribution is 7.17. The molecule has 136 valence electrons. The molecule has 5 nitrogen and oxygen atoms in total. The van der Waals surface area contributed by atoms with Gasteiger partial charge in [0.25, 0.3) is 0 Å². The fourth-order valence-corrected chi connectivity index (χ4v) is 4.17. The summed E-state index contributed by atoms with van der Waals surface area (Å²) in [7, 11) is 0. The van der Waals surface area contributed by atoms with Crippen LogP contribution in [-0.2, 0) is 11.3 Å². The van der Waals surface area contributed by atoms with E-state index in [9.17, 15) is 0 Å². The van der Waals surface area contributed by atoms with Gasteiger partial charge in [0.05, 0.1) is 18.6 Å². The number of fused-ring (bicyclic) bond motifs is 1. The Labute approximate surface area is 157 Å². The summed E-state index contributed by atoms with van der Waals surface area (Å²) in [5, 5.41) is 6.74. The number of benzene rings is 1. The summed E-state index contributed by atoms with van der Waals surface area (Å²) in [5.41, 5.74) is 3.52. The van der Waals surface area contributed by atoms with Crippen molar-refractivity contribution in [3.05, 3.63) is 46.1 Å². The average Bonchev–Trinajstić information content (AvgIpc) is 3.24. The van der Waals surface area contributed by atoms with E-state index in [1.807, 2.05) is 6.92 Å². The molecule has 0 spiro atoms. The second-order valence-corrected chi connectivity index (χ2v) is 7.64. The van der Waals surface area contributed by atoms with Crippen molar-refractivity contribution in [2.75, 3.05) is 18.5 Å². The second kappa shape index (κ2) is 7.21. The summed E-state index contributed by atoms with van der Waals surface area (Å²) in [6, 6.07) is 6.34. The van der Waals surface area contributed by atoms with Crippen molar-refractivity contribution < 1.29 is 9.47 Å². The molecule has 0 amide bonds. The van der Waals surface area contributed by atoms with E-state index in [1.165, 1.54) is 11.1 Å². The molecule has 0 radical (unpaired) electrons. The first-order valence-corrected chi connectivity index (χ1v) is 9.78. The zero-order chi connectivity index (χ0) is 18.1. The molecule has 3 aromatic rings. The third-order valence-electron chi connectivity index (χ3n) is 4.58. The number of nitrogens with zero attached hydrogens (tertiary/aromatic N) is 2. The molecular weight excluding hydrogens is 346 g/mol. The van der Waals surface area contributed by atoms with E-state index >= 15 is 0 Å². The molecular formula is C20H23N3O2S. The maximum atomic E-state index is 6.20. The summed E-state index contributed by atoms with van der Waals surface area (Å²) >= 11 is 1.66. The van der Waals surface area contributed by atoms with Crippen LogP contribution < -0.4 is 10.1 Å².